The molecule has 0 aliphatic carbocycles. The number of hydrogen-bond acceptors (Lipinski definition) is 4. The van der Waals surface area contributed by atoms with E-state index in [1.807, 2.05) is 6.92 Å². The average Bonchev–Trinajstić information content (AvgIpc) is 2.87. The van der Waals surface area contributed by atoms with Crippen molar-refractivity contribution >= 4 is 17.5 Å². The van der Waals surface area contributed by atoms with Gasteiger partial charge in [0.25, 0.3) is 11.8 Å². The summed E-state index contributed by atoms with van der Waals surface area (Å²) < 4.78 is 18.6. The lowest BCUT2D eigenvalue weighted by atomic mass is 10.1. The van der Waals surface area contributed by atoms with E-state index in [0.29, 0.717) is 29.8 Å². The lowest BCUT2D eigenvalue weighted by molar-refractivity contribution is 0.0651. The number of anilines is 1. The third-order valence-corrected chi connectivity index (χ3v) is 4.46. The molecule has 0 aromatic heterocycles. The summed E-state index contributed by atoms with van der Waals surface area (Å²) in [5.41, 5.74) is 1.60. The number of amides is 2. The van der Waals surface area contributed by atoms with Gasteiger partial charge in [-0.25, -0.2) is 4.39 Å². The summed E-state index contributed by atoms with van der Waals surface area (Å²) in [4.78, 5) is 25.9. The van der Waals surface area contributed by atoms with E-state index in [-0.39, 0.29) is 23.6 Å². The van der Waals surface area contributed by atoms with E-state index in [9.17, 15) is 14.0 Å². The molecule has 0 saturated heterocycles. The fraction of sp³-hybridized carbons (Fsp3) is 0.300. The highest BCUT2D eigenvalue weighted by Crippen LogP contribution is 2.24. The molecule has 0 fully saturated rings. The van der Waals surface area contributed by atoms with Gasteiger partial charge in [0, 0.05) is 24.3 Å². The summed E-state index contributed by atoms with van der Waals surface area (Å²) in [6, 6.07) is 11.7. The molecule has 0 radical (unpaired) electrons. The number of nitrogens with one attached hydrogen (secondary N) is 1. The van der Waals surface area contributed by atoms with Crippen LogP contribution >= 0.6 is 0 Å². The minimum absolute atomic E-state index is 0.0676. The number of benzene rings is 2. The number of ether oxygens (including phenoxy) is 1. The first-order chi connectivity index (χ1) is 12.5. The lowest BCUT2D eigenvalue weighted by Gasteiger charge is -2.18. The number of nitrogens with zero attached hydrogens (tertiary/aromatic N) is 1. The van der Waals surface area contributed by atoms with Crippen molar-refractivity contribution in [2.75, 3.05) is 19.0 Å². The Balaban J connectivity index is 1.52. The largest absolute Gasteiger partial charge is 0.494 e. The van der Waals surface area contributed by atoms with E-state index in [4.69, 9.17) is 4.74 Å². The molecule has 0 saturated carbocycles. The minimum atomic E-state index is -0.421. The Morgan fingerprint density at radius 2 is 1.77 bits per heavy atom. The summed E-state index contributed by atoms with van der Waals surface area (Å²) in [6.45, 7) is 2.35. The van der Waals surface area contributed by atoms with Crippen LogP contribution in [0.1, 0.15) is 40.5 Å². The summed E-state index contributed by atoms with van der Waals surface area (Å²) >= 11 is 0. The van der Waals surface area contributed by atoms with Crippen molar-refractivity contribution in [3.8, 4) is 5.75 Å². The Hall–Kier alpha value is -2.89. The van der Waals surface area contributed by atoms with Gasteiger partial charge >= 0.3 is 0 Å². The molecule has 1 aliphatic rings. The van der Waals surface area contributed by atoms with Crippen molar-refractivity contribution in [3.63, 3.8) is 0 Å². The van der Waals surface area contributed by atoms with Gasteiger partial charge < -0.3 is 10.1 Å². The van der Waals surface area contributed by atoms with Gasteiger partial charge in [0.1, 0.15) is 0 Å². The normalized spacial score (nSPS) is 14.3. The molecular weight excluding hydrogens is 335 g/mol. The van der Waals surface area contributed by atoms with Crippen LogP contribution in [0.2, 0.25) is 0 Å². The van der Waals surface area contributed by atoms with E-state index >= 15 is 0 Å². The van der Waals surface area contributed by atoms with Gasteiger partial charge in [0.2, 0.25) is 0 Å². The third kappa shape index (κ3) is 3.54. The van der Waals surface area contributed by atoms with Crippen LogP contribution in [0.4, 0.5) is 10.1 Å². The van der Waals surface area contributed by atoms with Gasteiger partial charge in [-0.05, 0) is 44.0 Å². The molecule has 136 valence electrons. The molecule has 5 nitrogen and oxygen atoms in total. The van der Waals surface area contributed by atoms with Crippen LogP contribution < -0.4 is 10.1 Å². The molecule has 1 heterocycles. The number of rotatable bonds is 7. The van der Waals surface area contributed by atoms with E-state index in [2.05, 4.69) is 5.32 Å². The molecule has 1 atom stereocenters. The fourth-order valence-corrected chi connectivity index (χ4v) is 3.11. The highest BCUT2D eigenvalue weighted by atomic mass is 19.1. The molecule has 1 aliphatic heterocycles. The predicted molar refractivity (Wildman–Crippen MR) is 97.1 cm³/mol. The monoisotopic (exact) mass is 356 g/mol. The maximum absolute atomic E-state index is 13.7. The molecular formula is C20H21FN2O3. The highest BCUT2D eigenvalue weighted by Gasteiger charge is 2.34. The first kappa shape index (κ1) is 17.9. The molecule has 2 aromatic carbocycles. The van der Waals surface area contributed by atoms with Crippen LogP contribution in [0, 0.1) is 5.82 Å². The van der Waals surface area contributed by atoms with Crippen molar-refractivity contribution in [3.05, 3.63) is 59.4 Å². The first-order valence-electron chi connectivity index (χ1n) is 8.56. The smallest absolute Gasteiger partial charge is 0.261 e. The summed E-state index contributed by atoms with van der Waals surface area (Å²) in [7, 11) is 1.42. The topological polar surface area (TPSA) is 58.6 Å². The van der Waals surface area contributed by atoms with E-state index in [0.717, 1.165) is 6.42 Å². The Morgan fingerprint density at radius 1 is 1.12 bits per heavy atom. The zero-order valence-corrected chi connectivity index (χ0v) is 14.8. The number of halogens is 1. The van der Waals surface area contributed by atoms with Crippen molar-refractivity contribution < 1.29 is 18.7 Å². The number of imide groups is 1. The molecule has 2 amide bonds. The summed E-state index contributed by atoms with van der Waals surface area (Å²) in [6.07, 6.45) is 1.40. The standard InChI is InChI=1S/C20H21FN2O3/c1-13(22-14-9-10-18(26-2)17(21)12-14)6-5-11-23-19(24)15-7-3-4-8-16(15)20(23)25/h3-4,7-10,12-13,22H,5-6,11H2,1-2H3/t13-/m1/s1. The maximum Gasteiger partial charge on any atom is 0.261 e. The molecule has 0 bridgehead atoms. The molecule has 0 unspecified atom stereocenters. The molecule has 3 rings (SSSR count). The van der Waals surface area contributed by atoms with Crippen LogP contribution in [0.5, 0.6) is 5.75 Å². The molecule has 6 heteroatoms. The molecule has 1 N–H and O–H groups in total. The SMILES string of the molecule is COc1ccc(N[C@H](C)CCCN2C(=O)c3ccccc3C2=O)cc1F. The zero-order valence-electron chi connectivity index (χ0n) is 14.8. The second-order valence-corrected chi connectivity index (χ2v) is 6.34. The second-order valence-electron chi connectivity index (χ2n) is 6.34. The van der Waals surface area contributed by atoms with Gasteiger partial charge in [-0.3, -0.25) is 14.5 Å². The van der Waals surface area contributed by atoms with Gasteiger partial charge in [-0.1, -0.05) is 12.1 Å². The van der Waals surface area contributed by atoms with Crippen molar-refractivity contribution in [1.82, 2.24) is 4.90 Å². The van der Waals surface area contributed by atoms with Crippen molar-refractivity contribution in [2.24, 2.45) is 0 Å². The third-order valence-electron chi connectivity index (χ3n) is 4.46. The zero-order chi connectivity index (χ0) is 18.7. The van der Waals surface area contributed by atoms with Gasteiger partial charge in [-0.2, -0.15) is 0 Å². The van der Waals surface area contributed by atoms with Gasteiger partial charge in [-0.15, -0.1) is 0 Å². The van der Waals surface area contributed by atoms with Crippen LogP contribution in [0.25, 0.3) is 0 Å². The van der Waals surface area contributed by atoms with E-state index in [1.54, 1.807) is 36.4 Å². The Kier molecular flexibility index (Phi) is 5.21. The number of carbonyl (C=O) groups is 2. The maximum atomic E-state index is 13.7. The van der Waals surface area contributed by atoms with E-state index in [1.165, 1.54) is 18.1 Å². The minimum Gasteiger partial charge on any atom is -0.494 e. The van der Waals surface area contributed by atoms with Crippen LogP contribution in [0.3, 0.4) is 0 Å². The van der Waals surface area contributed by atoms with Gasteiger partial charge in [0.15, 0.2) is 11.6 Å². The Labute approximate surface area is 151 Å². The lowest BCUT2D eigenvalue weighted by Crippen LogP contribution is -2.31. The first-order valence-corrected chi connectivity index (χ1v) is 8.56. The average molecular weight is 356 g/mol. The number of hydrogen-bond donors (Lipinski definition) is 1. The summed E-state index contributed by atoms with van der Waals surface area (Å²) in [5.74, 6) is -0.684. The van der Waals surface area contributed by atoms with Crippen LogP contribution in [-0.4, -0.2) is 36.4 Å². The Bertz CT molecular complexity index is 803. The fourth-order valence-electron chi connectivity index (χ4n) is 3.11. The Morgan fingerprint density at radius 3 is 2.35 bits per heavy atom. The number of carbonyl (C=O) groups excluding carboxylic acids is 2. The predicted octanol–water partition coefficient (Wildman–Crippen LogP) is 3.71. The van der Waals surface area contributed by atoms with Crippen molar-refractivity contribution in [1.29, 1.82) is 0 Å². The summed E-state index contributed by atoms with van der Waals surface area (Å²) in [5, 5.41) is 3.22. The highest BCUT2D eigenvalue weighted by molar-refractivity contribution is 6.21. The van der Waals surface area contributed by atoms with Crippen molar-refractivity contribution in [2.45, 2.75) is 25.8 Å². The van der Waals surface area contributed by atoms with Crippen LogP contribution in [0.15, 0.2) is 42.5 Å². The molecule has 26 heavy (non-hydrogen) atoms. The molecule has 2 aromatic rings. The van der Waals surface area contributed by atoms with E-state index < -0.39 is 5.82 Å². The number of methoxy groups -OCH3 is 1. The molecule has 0 spiro atoms. The number of fused-ring (bicyclic) bond motifs is 1. The second kappa shape index (κ2) is 7.56. The van der Waals surface area contributed by atoms with Crippen LogP contribution in [-0.2, 0) is 0 Å². The quantitative estimate of drug-likeness (QED) is 0.769. The van der Waals surface area contributed by atoms with Gasteiger partial charge in [0.05, 0.1) is 18.2 Å².